The molecule has 7 heteroatoms. The Bertz CT molecular complexity index is 549. The van der Waals surface area contributed by atoms with Gasteiger partial charge >= 0.3 is 0 Å². The number of aryl methyl sites for hydroxylation is 1. The molecule has 0 saturated carbocycles. The quantitative estimate of drug-likeness (QED) is 0.946. The minimum absolute atomic E-state index is 0.0470. The van der Waals surface area contributed by atoms with Gasteiger partial charge in [0.2, 0.25) is 0 Å². The summed E-state index contributed by atoms with van der Waals surface area (Å²) >= 11 is 7.64. The van der Waals surface area contributed by atoms with Gasteiger partial charge in [0, 0.05) is 12.5 Å². The van der Waals surface area contributed by atoms with Crippen LogP contribution in [0, 0.1) is 0 Å². The molecular formula is C12H18ClN5S. The monoisotopic (exact) mass is 299 g/mol. The summed E-state index contributed by atoms with van der Waals surface area (Å²) in [5.41, 5.74) is 1.87. The van der Waals surface area contributed by atoms with Gasteiger partial charge in [-0.2, -0.15) is 5.10 Å². The summed E-state index contributed by atoms with van der Waals surface area (Å²) < 4.78 is 5.89. The number of hydrogen-bond donors (Lipinski definition) is 1. The summed E-state index contributed by atoms with van der Waals surface area (Å²) in [6.45, 7) is 6.39. The van der Waals surface area contributed by atoms with Gasteiger partial charge in [-0.05, 0) is 18.6 Å². The molecule has 2 aromatic rings. The SMILES string of the molecule is CNC(c1snnc1C(C)(C)C)c1c(Cl)cnn1C. The number of rotatable bonds is 3. The van der Waals surface area contributed by atoms with Crippen molar-refractivity contribution in [1.29, 1.82) is 0 Å². The Morgan fingerprint density at radius 2 is 2.11 bits per heavy atom. The van der Waals surface area contributed by atoms with Crippen molar-refractivity contribution >= 4 is 23.1 Å². The summed E-state index contributed by atoms with van der Waals surface area (Å²) in [6, 6.07) is -0.0470. The zero-order valence-electron chi connectivity index (χ0n) is 11.7. The maximum Gasteiger partial charge on any atom is 0.0890 e. The fourth-order valence-corrected chi connectivity index (χ4v) is 3.30. The first kappa shape index (κ1) is 14.4. The van der Waals surface area contributed by atoms with Gasteiger partial charge in [-0.1, -0.05) is 36.9 Å². The third-order valence-electron chi connectivity index (χ3n) is 2.99. The highest BCUT2D eigenvalue weighted by molar-refractivity contribution is 7.05. The molecular weight excluding hydrogens is 282 g/mol. The molecule has 0 amide bonds. The molecule has 2 heterocycles. The van der Waals surface area contributed by atoms with Crippen molar-refractivity contribution in [2.45, 2.75) is 32.2 Å². The molecule has 2 aromatic heterocycles. The lowest BCUT2D eigenvalue weighted by Gasteiger charge is -2.22. The maximum absolute atomic E-state index is 6.24. The first-order valence-electron chi connectivity index (χ1n) is 6.03. The molecule has 0 fully saturated rings. The number of nitrogens with zero attached hydrogens (tertiary/aromatic N) is 4. The van der Waals surface area contributed by atoms with E-state index in [-0.39, 0.29) is 11.5 Å². The van der Waals surface area contributed by atoms with Crippen molar-refractivity contribution in [3.8, 4) is 0 Å². The molecule has 0 aliphatic rings. The van der Waals surface area contributed by atoms with E-state index in [1.54, 1.807) is 10.9 Å². The van der Waals surface area contributed by atoms with Crippen LogP contribution in [-0.2, 0) is 12.5 Å². The lowest BCUT2D eigenvalue weighted by atomic mass is 9.89. The molecule has 0 bridgehead atoms. The van der Waals surface area contributed by atoms with Gasteiger partial charge in [0.05, 0.1) is 33.5 Å². The third-order valence-corrected chi connectivity index (χ3v) is 4.07. The van der Waals surface area contributed by atoms with Gasteiger partial charge in [0.1, 0.15) is 0 Å². The number of nitrogens with one attached hydrogen (secondary N) is 1. The molecule has 0 aromatic carbocycles. The van der Waals surface area contributed by atoms with Gasteiger partial charge in [0.25, 0.3) is 0 Å². The second kappa shape index (κ2) is 5.19. The molecule has 1 unspecified atom stereocenters. The first-order chi connectivity index (χ1) is 8.86. The average molecular weight is 300 g/mol. The summed E-state index contributed by atoms with van der Waals surface area (Å²) in [7, 11) is 3.79. The number of halogens is 1. The van der Waals surface area contributed by atoms with Crippen LogP contribution in [-0.4, -0.2) is 26.4 Å². The van der Waals surface area contributed by atoms with Crippen LogP contribution in [0.15, 0.2) is 6.20 Å². The third kappa shape index (κ3) is 2.66. The lowest BCUT2D eigenvalue weighted by Crippen LogP contribution is -2.24. The van der Waals surface area contributed by atoms with E-state index in [9.17, 15) is 0 Å². The molecule has 0 radical (unpaired) electrons. The first-order valence-corrected chi connectivity index (χ1v) is 7.18. The second-order valence-electron chi connectivity index (χ2n) is 5.46. The van der Waals surface area contributed by atoms with E-state index in [0.717, 1.165) is 16.3 Å². The molecule has 2 rings (SSSR count). The molecule has 0 aliphatic carbocycles. The van der Waals surface area contributed by atoms with E-state index in [1.807, 2.05) is 14.1 Å². The molecule has 0 aliphatic heterocycles. The van der Waals surface area contributed by atoms with Crippen LogP contribution in [0.3, 0.4) is 0 Å². The van der Waals surface area contributed by atoms with Crippen LogP contribution in [0.1, 0.15) is 43.1 Å². The average Bonchev–Trinajstić information content (AvgIpc) is 2.91. The van der Waals surface area contributed by atoms with Crippen LogP contribution in [0.4, 0.5) is 0 Å². The van der Waals surface area contributed by atoms with Crippen LogP contribution in [0.2, 0.25) is 5.02 Å². The Balaban J connectivity index is 2.53. The van der Waals surface area contributed by atoms with Crippen molar-refractivity contribution in [2.75, 3.05) is 7.05 Å². The Morgan fingerprint density at radius 1 is 1.42 bits per heavy atom. The van der Waals surface area contributed by atoms with E-state index in [2.05, 4.69) is 40.8 Å². The summed E-state index contributed by atoms with van der Waals surface area (Å²) in [5.74, 6) is 0. The minimum atomic E-state index is -0.0531. The largest absolute Gasteiger partial charge is 0.307 e. The second-order valence-corrected chi connectivity index (χ2v) is 6.65. The standard InChI is InChI=1S/C12H18ClN5S/c1-12(2,3)11-10(19-17-16-11)8(14-4)9-7(13)6-15-18(9)5/h6,8,14H,1-5H3. The highest BCUT2D eigenvalue weighted by Gasteiger charge is 2.30. The molecule has 0 saturated heterocycles. The zero-order valence-corrected chi connectivity index (χ0v) is 13.3. The van der Waals surface area contributed by atoms with Crippen LogP contribution < -0.4 is 5.32 Å². The lowest BCUT2D eigenvalue weighted by molar-refractivity contribution is 0.540. The van der Waals surface area contributed by atoms with E-state index in [0.29, 0.717) is 5.02 Å². The van der Waals surface area contributed by atoms with E-state index in [4.69, 9.17) is 11.6 Å². The van der Waals surface area contributed by atoms with Gasteiger partial charge in [-0.15, -0.1) is 5.10 Å². The van der Waals surface area contributed by atoms with E-state index >= 15 is 0 Å². The van der Waals surface area contributed by atoms with Gasteiger partial charge in [-0.3, -0.25) is 4.68 Å². The van der Waals surface area contributed by atoms with Gasteiger partial charge < -0.3 is 5.32 Å². The predicted molar refractivity (Wildman–Crippen MR) is 77.7 cm³/mol. The van der Waals surface area contributed by atoms with Crippen molar-refractivity contribution in [1.82, 2.24) is 24.7 Å². The summed E-state index contributed by atoms with van der Waals surface area (Å²) in [4.78, 5) is 1.08. The Kier molecular flexibility index (Phi) is 3.94. The van der Waals surface area contributed by atoms with Crippen molar-refractivity contribution < 1.29 is 0 Å². The summed E-state index contributed by atoms with van der Waals surface area (Å²) in [6.07, 6.45) is 1.66. The Labute approximate surface area is 122 Å². The summed E-state index contributed by atoms with van der Waals surface area (Å²) in [5, 5.41) is 12.4. The fourth-order valence-electron chi connectivity index (χ4n) is 2.04. The van der Waals surface area contributed by atoms with Crippen molar-refractivity contribution in [3.05, 3.63) is 27.5 Å². The normalized spacial score (nSPS) is 13.8. The zero-order chi connectivity index (χ0) is 14.2. The molecule has 19 heavy (non-hydrogen) atoms. The predicted octanol–water partition coefficient (Wildman–Crippen LogP) is 2.53. The Morgan fingerprint density at radius 3 is 2.58 bits per heavy atom. The smallest absolute Gasteiger partial charge is 0.0890 e. The molecule has 1 N–H and O–H groups in total. The van der Waals surface area contributed by atoms with Gasteiger partial charge in [0.15, 0.2) is 0 Å². The van der Waals surface area contributed by atoms with Crippen molar-refractivity contribution in [3.63, 3.8) is 0 Å². The number of hydrogen-bond acceptors (Lipinski definition) is 5. The van der Waals surface area contributed by atoms with Crippen molar-refractivity contribution in [2.24, 2.45) is 7.05 Å². The molecule has 104 valence electrons. The molecule has 1 atom stereocenters. The van der Waals surface area contributed by atoms with Crippen LogP contribution in [0.5, 0.6) is 0 Å². The van der Waals surface area contributed by atoms with Crippen LogP contribution in [0.25, 0.3) is 0 Å². The maximum atomic E-state index is 6.24. The Hall–Kier alpha value is -0.980. The highest BCUT2D eigenvalue weighted by Crippen LogP contribution is 2.35. The van der Waals surface area contributed by atoms with Gasteiger partial charge in [-0.25, -0.2) is 0 Å². The van der Waals surface area contributed by atoms with E-state index in [1.165, 1.54) is 11.5 Å². The topological polar surface area (TPSA) is 55.6 Å². The molecule has 5 nitrogen and oxygen atoms in total. The number of aromatic nitrogens is 4. The van der Waals surface area contributed by atoms with Crippen LogP contribution >= 0.6 is 23.1 Å². The molecule has 0 spiro atoms. The highest BCUT2D eigenvalue weighted by atomic mass is 35.5. The fraction of sp³-hybridized carbons (Fsp3) is 0.583. The van der Waals surface area contributed by atoms with E-state index < -0.39 is 0 Å². The minimum Gasteiger partial charge on any atom is -0.307 e.